The summed E-state index contributed by atoms with van der Waals surface area (Å²) < 4.78 is 39.5. The van der Waals surface area contributed by atoms with Crippen molar-refractivity contribution in [2.75, 3.05) is 26.4 Å². The van der Waals surface area contributed by atoms with E-state index >= 15 is 0 Å². The molecular formula is C62H103O11P. The summed E-state index contributed by atoms with van der Waals surface area (Å²) in [5, 5.41) is 9.81. The zero-order valence-corrected chi connectivity index (χ0v) is 47.4. The Morgan fingerprint density at radius 1 is 0.392 bits per heavy atom. The van der Waals surface area contributed by atoms with E-state index in [1.165, 1.54) is 12.8 Å². The molecule has 12 heteroatoms. The number of hydrogen-bond acceptors (Lipinski definition) is 10. The van der Waals surface area contributed by atoms with Crippen LogP contribution in [0.1, 0.15) is 226 Å². The predicted molar refractivity (Wildman–Crippen MR) is 307 cm³/mol. The van der Waals surface area contributed by atoms with Crippen LogP contribution in [-0.4, -0.2) is 66.5 Å². The molecule has 0 radical (unpaired) electrons. The Hall–Kier alpha value is -3.86. The lowest BCUT2D eigenvalue weighted by atomic mass is 10.1. The van der Waals surface area contributed by atoms with Crippen LogP contribution in [0, 0.1) is 0 Å². The average Bonchev–Trinajstić information content (AvgIpc) is 3.39. The third kappa shape index (κ3) is 53.0. The molecule has 0 aromatic rings. The van der Waals surface area contributed by atoms with Gasteiger partial charge in [-0.15, -0.1) is 0 Å². The molecule has 422 valence electrons. The van der Waals surface area contributed by atoms with Crippen LogP contribution in [0.5, 0.6) is 0 Å². The number of phosphoric ester groups is 1. The quantitative estimate of drug-likeness (QED) is 0.0197. The highest BCUT2D eigenvalue weighted by Crippen LogP contribution is 2.43. The number of allylic oxidation sites excluding steroid dienone is 18. The fraction of sp³-hybridized carbons (Fsp3) is 0.661. The van der Waals surface area contributed by atoms with Crippen molar-refractivity contribution in [1.29, 1.82) is 0 Å². The van der Waals surface area contributed by atoms with Crippen LogP contribution in [-0.2, 0) is 42.2 Å². The smallest absolute Gasteiger partial charge is 0.462 e. The van der Waals surface area contributed by atoms with Gasteiger partial charge in [-0.2, -0.15) is 0 Å². The summed E-state index contributed by atoms with van der Waals surface area (Å²) in [6.45, 7) is 4.31. The minimum Gasteiger partial charge on any atom is -0.462 e. The van der Waals surface area contributed by atoms with E-state index in [4.69, 9.17) is 23.3 Å². The SMILES string of the molecule is CC/C=C\C/C=C\C/C=C\C/C=C\CCCCCCCCC(=O)OC(COC(=O)CCCCCCC/C=C\CCCC)COP(=O)(O)OCC(CO)OC(=O)CCCCCC/C=C\C/C=C\C/C=C\C/C=C\CC. The highest BCUT2D eigenvalue weighted by Gasteiger charge is 2.28. The highest BCUT2D eigenvalue weighted by molar-refractivity contribution is 7.47. The maximum Gasteiger partial charge on any atom is 0.472 e. The van der Waals surface area contributed by atoms with Crippen LogP contribution in [0.2, 0.25) is 0 Å². The summed E-state index contributed by atoms with van der Waals surface area (Å²) >= 11 is 0. The summed E-state index contributed by atoms with van der Waals surface area (Å²) in [7, 11) is -4.77. The summed E-state index contributed by atoms with van der Waals surface area (Å²) in [5.74, 6) is -1.52. The molecule has 0 rings (SSSR count). The van der Waals surface area contributed by atoms with E-state index in [0.29, 0.717) is 19.3 Å². The van der Waals surface area contributed by atoms with Crippen LogP contribution in [0.15, 0.2) is 109 Å². The van der Waals surface area contributed by atoms with Gasteiger partial charge in [-0.25, -0.2) is 4.57 Å². The molecule has 0 amide bonds. The van der Waals surface area contributed by atoms with E-state index in [9.17, 15) is 28.9 Å². The van der Waals surface area contributed by atoms with E-state index in [-0.39, 0.29) is 25.9 Å². The van der Waals surface area contributed by atoms with Crippen molar-refractivity contribution in [2.24, 2.45) is 0 Å². The van der Waals surface area contributed by atoms with Gasteiger partial charge in [-0.05, 0) is 116 Å². The maximum absolute atomic E-state index is 12.9. The Kier molecular flexibility index (Phi) is 52.5. The van der Waals surface area contributed by atoms with Crippen molar-refractivity contribution in [1.82, 2.24) is 0 Å². The fourth-order valence-corrected chi connectivity index (χ4v) is 8.10. The van der Waals surface area contributed by atoms with Crippen LogP contribution >= 0.6 is 7.82 Å². The van der Waals surface area contributed by atoms with E-state index in [0.717, 1.165) is 154 Å². The van der Waals surface area contributed by atoms with Crippen LogP contribution in [0.3, 0.4) is 0 Å². The molecule has 0 aliphatic rings. The lowest BCUT2D eigenvalue weighted by Gasteiger charge is -2.21. The molecule has 0 aliphatic carbocycles. The molecule has 0 aromatic heterocycles. The van der Waals surface area contributed by atoms with Crippen molar-refractivity contribution in [3.05, 3.63) is 109 Å². The molecule has 2 N–H and O–H groups in total. The van der Waals surface area contributed by atoms with Crippen LogP contribution < -0.4 is 0 Å². The summed E-state index contributed by atoms with van der Waals surface area (Å²) in [4.78, 5) is 48.5. The topological polar surface area (TPSA) is 155 Å². The largest absolute Gasteiger partial charge is 0.472 e. The van der Waals surface area contributed by atoms with Gasteiger partial charge < -0.3 is 24.2 Å². The van der Waals surface area contributed by atoms with Gasteiger partial charge >= 0.3 is 25.7 Å². The van der Waals surface area contributed by atoms with E-state index in [2.05, 4.69) is 130 Å². The monoisotopic (exact) mass is 1050 g/mol. The lowest BCUT2D eigenvalue weighted by molar-refractivity contribution is -0.161. The minimum absolute atomic E-state index is 0.143. The number of unbranched alkanes of at least 4 members (excludes halogenated alkanes) is 17. The van der Waals surface area contributed by atoms with Gasteiger partial charge in [0.2, 0.25) is 0 Å². The Balaban J connectivity index is 4.74. The van der Waals surface area contributed by atoms with E-state index < -0.39 is 57.8 Å². The van der Waals surface area contributed by atoms with Gasteiger partial charge in [0.15, 0.2) is 6.10 Å². The first kappa shape index (κ1) is 70.1. The molecular weight excluding hydrogens is 952 g/mol. The number of carbonyl (C=O) groups excluding carboxylic acids is 3. The highest BCUT2D eigenvalue weighted by atomic mass is 31.2. The molecule has 3 atom stereocenters. The summed E-state index contributed by atoms with van der Waals surface area (Å²) in [5.41, 5.74) is 0. The molecule has 0 spiro atoms. The van der Waals surface area contributed by atoms with Crippen molar-refractivity contribution in [3.63, 3.8) is 0 Å². The van der Waals surface area contributed by atoms with Gasteiger partial charge in [0, 0.05) is 19.3 Å². The molecule has 0 aromatic carbocycles. The van der Waals surface area contributed by atoms with Gasteiger partial charge in [0.25, 0.3) is 0 Å². The number of aliphatic hydroxyl groups is 1. The number of rotatable bonds is 52. The maximum atomic E-state index is 12.9. The van der Waals surface area contributed by atoms with Crippen molar-refractivity contribution in [3.8, 4) is 0 Å². The van der Waals surface area contributed by atoms with Crippen molar-refractivity contribution in [2.45, 2.75) is 238 Å². The molecule has 0 heterocycles. The molecule has 0 bridgehead atoms. The average molecular weight is 1060 g/mol. The molecule has 3 unspecified atom stereocenters. The zero-order valence-electron chi connectivity index (χ0n) is 46.5. The Bertz CT molecular complexity index is 1660. The zero-order chi connectivity index (χ0) is 54.1. The first-order valence-corrected chi connectivity index (χ1v) is 30.3. The number of ether oxygens (including phenoxy) is 3. The minimum atomic E-state index is -4.77. The first-order chi connectivity index (χ1) is 36.2. The molecule has 0 saturated heterocycles. The third-order valence-corrected chi connectivity index (χ3v) is 12.6. The van der Waals surface area contributed by atoms with Gasteiger partial charge in [-0.3, -0.25) is 23.4 Å². The second kappa shape index (κ2) is 55.4. The standard InChI is InChI=1S/C62H103O11P/c1-4-7-10-13-16-19-22-24-26-28-29-31-33-35-38-41-44-47-50-53-62(66)73-59(55-69-60(64)51-48-45-42-39-36-21-18-15-12-9-6-3)57-71-74(67,68)70-56-58(54-63)72-61(65)52-49-46-43-40-37-34-32-30-27-25-23-20-17-14-11-8-5-2/h7-8,10-11,15-20,24-27,29,31-32,34,58-59,63H,4-6,9,12-14,21-23,28,30,33,35-57H2,1-3H3,(H,67,68)/b10-7-,11-8-,18-15-,19-16-,20-17-,26-24-,27-25-,31-29-,34-32-. The van der Waals surface area contributed by atoms with E-state index in [1.54, 1.807) is 0 Å². The summed E-state index contributed by atoms with van der Waals surface area (Å²) in [6.07, 6.45) is 66.2. The first-order valence-electron chi connectivity index (χ1n) is 28.8. The molecule has 74 heavy (non-hydrogen) atoms. The predicted octanol–water partition coefficient (Wildman–Crippen LogP) is 17.0. The van der Waals surface area contributed by atoms with Gasteiger partial charge in [0.05, 0.1) is 19.8 Å². The number of carbonyl (C=O) groups is 3. The van der Waals surface area contributed by atoms with Gasteiger partial charge in [-0.1, -0.05) is 201 Å². The van der Waals surface area contributed by atoms with Crippen molar-refractivity contribution >= 4 is 25.7 Å². The third-order valence-electron chi connectivity index (χ3n) is 11.7. The lowest BCUT2D eigenvalue weighted by Crippen LogP contribution is -2.30. The fourth-order valence-electron chi connectivity index (χ4n) is 7.32. The van der Waals surface area contributed by atoms with Crippen LogP contribution in [0.25, 0.3) is 0 Å². The Morgan fingerprint density at radius 2 is 0.703 bits per heavy atom. The molecule has 0 saturated carbocycles. The number of hydrogen-bond donors (Lipinski definition) is 2. The molecule has 0 aliphatic heterocycles. The molecule has 11 nitrogen and oxygen atoms in total. The number of aliphatic hydroxyl groups excluding tert-OH is 1. The number of phosphoric acid groups is 1. The van der Waals surface area contributed by atoms with E-state index in [1.807, 2.05) is 0 Å². The van der Waals surface area contributed by atoms with Crippen molar-refractivity contribution < 1.29 is 52.2 Å². The Labute approximate surface area is 450 Å². The normalized spacial score (nSPS) is 14.2. The summed E-state index contributed by atoms with van der Waals surface area (Å²) in [6, 6.07) is 0. The second-order valence-corrected chi connectivity index (χ2v) is 20.1. The van der Waals surface area contributed by atoms with Crippen LogP contribution in [0.4, 0.5) is 0 Å². The number of esters is 3. The molecule has 0 fully saturated rings. The van der Waals surface area contributed by atoms with Gasteiger partial charge in [0.1, 0.15) is 12.7 Å². The Morgan fingerprint density at radius 3 is 1.09 bits per heavy atom. The second-order valence-electron chi connectivity index (χ2n) is 18.7.